The van der Waals surface area contributed by atoms with E-state index in [9.17, 15) is 8.42 Å². The van der Waals surface area contributed by atoms with Gasteiger partial charge in [0.1, 0.15) is 12.1 Å². The Morgan fingerprint density at radius 3 is 2.95 bits per heavy atom. The molecule has 0 saturated carbocycles. The van der Waals surface area contributed by atoms with Gasteiger partial charge in [-0.1, -0.05) is 12.1 Å². The molecule has 0 bridgehead atoms. The highest BCUT2D eigenvalue weighted by atomic mass is 32.2. The van der Waals surface area contributed by atoms with Gasteiger partial charge in [0.15, 0.2) is 0 Å². The van der Waals surface area contributed by atoms with Crippen LogP contribution in [0.4, 0.5) is 5.82 Å². The van der Waals surface area contributed by atoms with Gasteiger partial charge in [-0.05, 0) is 30.9 Å². The number of rotatable bonds is 4. The van der Waals surface area contributed by atoms with Crippen molar-refractivity contribution in [3.8, 4) is 0 Å². The minimum Gasteiger partial charge on any atom is -0.356 e. The summed E-state index contributed by atoms with van der Waals surface area (Å²) < 4.78 is 25.1. The lowest BCUT2D eigenvalue weighted by Gasteiger charge is -2.34. The lowest BCUT2D eigenvalue weighted by molar-refractivity contribution is 0.410. The van der Waals surface area contributed by atoms with E-state index in [0.717, 1.165) is 42.7 Å². The minimum atomic E-state index is -3.13. The third-order valence-corrected chi connectivity index (χ3v) is 4.67. The summed E-state index contributed by atoms with van der Waals surface area (Å²) in [4.78, 5) is 11.0. The molecule has 0 spiro atoms. The summed E-state index contributed by atoms with van der Waals surface area (Å²) >= 11 is 0. The van der Waals surface area contributed by atoms with Gasteiger partial charge >= 0.3 is 0 Å². The highest BCUT2D eigenvalue weighted by molar-refractivity contribution is 7.88. The van der Waals surface area contributed by atoms with Gasteiger partial charge in [-0.3, -0.25) is 0 Å². The molecular formula is C15H20N4O2S. The van der Waals surface area contributed by atoms with E-state index in [1.54, 1.807) is 6.33 Å². The van der Waals surface area contributed by atoms with E-state index in [1.807, 2.05) is 24.3 Å². The van der Waals surface area contributed by atoms with E-state index >= 15 is 0 Å². The van der Waals surface area contributed by atoms with E-state index < -0.39 is 10.0 Å². The maximum atomic E-state index is 11.3. The largest absolute Gasteiger partial charge is 0.356 e. The smallest absolute Gasteiger partial charge is 0.208 e. The Kier molecular flexibility index (Phi) is 4.26. The van der Waals surface area contributed by atoms with Crippen molar-refractivity contribution in [3.05, 3.63) is 30.6 Å². The molecule has 1 aromatic heterocycles. The fourth-order valence-electron chi connectivity index (χ4n) is 2.94. The van der Waals surface area contributed by atoms with Crippen LogP contribution in [0.3, 0.4) is 0 Å². The van der Waals surface area contributed by atoms with Crippen molar-refractivity contribution in [1.29, 1.82) is 0 Å². The Labute approximate surface area is 130 Å². The van der Waals surface area contributed by atoms with Crippen molar-refractivity contribution in [2.24, 2.45) is 5.92 Å². The molecule has 1 N–H and O–H groups in total. The minimum absolute atomic E-state index is 0.303. The second-order valence-electron chi connectivity index (χ2n) is 5.79. The molecule has 6 nitrogen and oxygen atoms in total. The van der Waals surface area contributed by atoms with Gasteiger partial charge in [0.2, 0.25) is 10.0 Å². The fraction of sp³-hybridized carbons (Fsp3) is 0.467. The van der Waals surface area contributed by atoms with Crippen molar-refractivity contribution in [2.75, 3.05) is 30.8 Å². The SMILES string of the molecule is CS(=O)(=O)NC[C@H]1CCCN(c2ncnc3ccccc23)C1. The van der Waals surface area contributed by atoms with Crippen LogP contribution in [0.15, 0.2) is 30.6 Å². The van der Waals surface area contributed by atoms with E-state index in [1.165, 1.54) is 6.26 Å². The molecular weight excluding hydrogens is 300 g/mol. The van der Waals surface area contributed by atoms with Gasteiger partial charge in [-0.2, -0.15) is 0 Å². The summed E-state index contributed by atoms with van der Waals surface area (Å²) in [5.74, 6) is 1.24. The quantitative estimate of drug-likeness (QED) is 0.921. The Bertz CT molecular complexity index is 758. The second kappa shape index (κ2) is 6.18. The van der Waals surface area contributed by atoms with Crippen LogP contribution in [-0.4, -0.2) is 44.3 Å². The molecule has 0 unspecified atom stereocenters. The Morgan fingerprint density at radius 1 is 1.32 bits per heavy atom. The molecule has 3 rings (SSSR count). The third-order valence-electron chi connectivity index (χ3n) is 3.97. The van der Waals surface area contributed by atoms with Crippen molar-refractivity contribution in [3.63, 3.8) is 0 Å². The molecule has 0 radical (unpaired) electrons. The first-order chi connectivity index (χ1) is 10.5. The van der Waals surface area contributed by atoms with Crippen LogP contribution >= 0.6 is 0 Å². The average molecular weight is 320 g/mol. The molecule has 1 atom stereocenters. The highest BCUT2D eigenvalue weighted by Gasteiger charge is 2.23. The van der Waals surface area contributed by atoms with Crippen LogP contribution in [0.2, 0.25) is 0 Å². The summed E-state index contributed by atoms with van der Waals surface area (Å²) in [6.45, 7) is 2.23. The number of piperidine rings is 1. The molecule has 118 valence electrons. The number of nitrogens with one attached hydrogen (secondary N) is 1. The maximum absolute atomic E-state index is 11.3. The molecule has 1 fully saturated rings. The van der Waals surface area contributed by atoms with Crippen LogP contribution < -0.4 is 9.62 Å². The van der Waals surface area contributed by atoms with Gasteiger partial charge in [-0.25, -0.2) is 23.1 Å². The number of anilines is 1. The molecule has 2 aromatic rings. The number of fused-ring (bicyclic) bond motifs is 1. The van der Waals surface area contributed by atoms with Gasteiger partial charge in [0.25, 0.3) is 0 Å². The van der Waals surface area contributed by atoms with Gasteiger partial charge in [-0.15, -0.1) is 0 Å². The number of benzene rings is 1. The first kappa shape index (κ1) is 15.2. The number of hydrogen-bond donors (Lipinski definition) is 1. The van der Waals surface area contributed by atoms with Crippen molar-refractivity contribution in [2.45, 2.75) is 12.8 Å². The molecule has 22 heavy (non-hydrogen) atoms. The summed E-state index contributed by atoms with van der Waals surface area (Å²) in [7, 11) is -3.13. The normalized spacial score (nSPS) is 19.5. The maximum Gasteiger partial charge on any atom is 0.208 e. The monoisotopic (exact) mass is 320 g/mol. The Hall–Kier alpha value is -1.73. The first-order valence-corrected chi connectivity index (χ1v) is 9.31. The summed E-state index contributed by atoms with van der Waals surface area (Å²) in [6.07, 6.45) is 4.86. The zero-order chi connectivity index (χ0) is 15.6. The first-order valence-electron chi connectivity index (χ1n) is 7.42. The lowest BCUT2D eigenvalue weighted by Crippen LogP contribution is -2.41. The van der Waals surface area contributed by atoms with Crippen LogP contribution in [0, 0.1) is 5.92 Å². The van der Waals surface area contributed by atoms with Gasteiger partial charge in [0, 0.05) is 25.0 Å². The van der Waals surface area contributed by atoms with Crippen LogP contribution in [-0.2, 0) is 10.0 Å². The summed E-state index contributed by atoms with van der Waals surface area (Å²) in [5, 5.41) is 1.04. The molecule has 1 aliphatic rings. The standard InChI is InChI=1S/C15H20N4O2S/c1-22(20,21)18-9-12-5-4-8-19(10-12)15-13-6-2-3-7-14(13)16-11-17-15/h2-3,6-7,11-12,18H,4-5,8-10H2,1H3/t12-/m1/s1. The highest BCUT2D eigenvalue weighted by Crippen LogP contribution is 2.27. The van der Waals surface area contributed by atoms with Crippen LogP contribution in [0.5, 0.6) is 0 Å². The van der Waals surface area contributed by atoms with Crippen LogP contribution in [0.1, 0.15) is 12.8 Å². The third kappa shape index (κ3) is 3.53. The number of nitrogens with zero attached hydrogens (tertiary/aromatic N) is 3. The molecule has 0 aliphatic carbocycles. The Morgan fingerprint density at radius 2 is 2.14 bits per heavy atom. The molecule has 2 heterocycles. The number of aromatic nitrogens is 2. The molecule has 1 aliphatic heterocycles. The summed E-state index contributed by atoms with van der Waals surface area (Å²) in [5.41, 5.74) is 0.934. The average Bonchev–Trinajstić information content (AvgIpc) is 2.52. The predicted molar refractivity (Wildman–Crippen MR) is 87.3 cm³/mol. The van der Waals surface area contributed by atoms with Crippen molar-refractivity contribution in [1.82, 2.24) is 14.7 Å². The Balaban J connectivity index is 1.79. The number of para-hydroxylation sites is 1. The van der Waals surface area contributed by atoms with Gasteiger partial charge < -0.3 is 4.90 Å². The van der Waals surface area contributed by atoms with Crippen molar-refractivity contribution >= 4 is 26.7 Å². The zero-order valence-electron chi connectivity index (χ0n) is 12.6. The lowest BCUT2D eigenvalue weighted by atomic mass is 9.98. The topological polar surface area (TPSA) is 75.2 Å². The van der Waals surface area contributed by atoms with Crippen LogP contribution in [0.25, 0.3) is 10.9 Å². The van der Waals surface area contributed by atoms with E-state index in [4.69, 9.17) is 0 Å². The summed E-state index contributed by atoms with van der Waals surface area (Å²) in [6, 6.07) is 7.96. The number of hydrogen-bond acceptors (Lipinski definition) is 5. The molecule has 1 saturated heterocycles. The zero-order valence-corrected chi connectivity index (χ0v) is 13.4. The molecule has 0 amide bonds. The second-order valence-corrected chi connectivity index (χ2v) is 7.62. The predicted octanol–water partition coefficient (Wildman–Crippen LogP) is 1.40. The van der Waals surface area contributed by atoms with E-state index in [-0.39, 0.29) is 0 Å². The van der Waals surface area contributed by atoms with Gasteiger partial charge in [0.05, 0.1) is 11.8 Å². The van der Waals surface area contributed by atoms with Crippen molar-refractivity contribution < 1.29 is 8.42 Å². The number of sulfonamides is 1. The fourth-order valence-corrected chi connectivity index (χ4v) is 3.47. The van der Waals surface area contributed by atoms with E-state index in [0.29, 0.717) is 12.5 Å². The van der Waals surface area contributed by atoms with E-state index in [2.05, 4.69) is 19.6 Å². The molecule has 1 aromatic carbocycles. The molecule has 7 heteroatoms.